The molecule has 1 fully saturated rings. The van der Waals surface area contributed by atoms with Crippen LogP contribution in [0.3, 0.4) is 0 Å². The van der Waals surface area contributed by atoms with Gasteiger partial charge in [-0.25, -0.2) is 4.39 Å². The molecule has 1 heterocycles. The minimum atomic E-state index is -0.642. The molecule has 0 spiro atoms. The second-order valence-corrected chi connectivity index (χ2v) is 7.37. The Bertz CT molecular complexity index is 979. The van der Waals surface area contributed by atoms with E-state index in [9.17, 15) is 18.8 Å². The lowest BCUT2D eigenvalue weighted by Gasteiger charge is -2.17. The Labute approximate surface area is 172 Å². The van der Waals surface area contributed by atoms with Crippen molar-refractivity contribution in [1.29, 1.82) is 0 Å². The van der Waals surface area contributed by atoms with Gasteiger partial charge in [0.1, 0.15) is 5.82 Å². The monoisotopic (exact) mass is 418 g/mol. The van der Waals surface area contributed by atoms with E-state index < -0.39 is 30.2 Å². The lowest BCUT2D eigenvalue weighted by atomic mass is 10.1. The molecule has 1 aliphatic rings. The Morgan fingerprint density at radius 2 is 1.97 bits per heavy atom. The summed E-state index contributed by atoms with van der Waals surface area (Å²) in [6, 6.07) is 9.40. The maximum atomic E-state index is 13.1. The molecule has 1 saturated heterocycles. The maximum Gasteiger partial charge on any atom is 0.311 e. The van der Waals surface area contributed by atoms with Crippen LogP contribution in [0.2, 0.25) is 5.02 Å². The highest BCUT2D eigenvalue weighted by molar-refractivity contribution is 6.31. The van der Waals surface area contributed by atoms with Gasteiger partial charge in [0.05, 0.1) is 10.9 Å². The van der Waals surface area contributed by atoms with Crippen molar-refractivity contribution in [2.24, 2.45) is 5.92 Å². The summed E-state index contributed by atoms with van der Waals surface area (Å²) >= 11 is 5.66. The number of nitrogens with zero attached hydrogens (tertiary/aromatic N) is 1. The van der Waals surface area contributed by atoms with Crippen molar-refractivity contribution in [3.05, 3.63) is 58.4 Å². The molecule has 2 aromatic rings. The Morgan fingerprint density at radius 3 is 2.66 bits per heavy atom. The van der Waals surface area contributed by atoms with Crippen LogP contribution < -0.4 is 10.2 Å². The molecule has 0 radical (unpaired) electrons. The molecule has 2 aromatic carbocycles. The van der Waals surface area contributed by atoms with Crippen molar-refractivity contribution in [1.82, 2.24) is 0 Å². The van der Waals surface area contributed by atoms with Gasteiger partial charge in [-0.3, -0.25) is 14.4 Å². The van der Waals surface area contributed by atoms with Gasteiger partial charge in [-0.05, 0) is 55.3 Å². The molecule has 152 valence electrons. The summed E-state index contributed by atoms with van der Waals surface area (Å²) < 4.78 is 18.2. The summed E-state index contributed by atoms with van der Waals surface area (Å²) in [5, 5.41) is 2.34. The van der Waals surface area contributed by atoms with E-state index in [0.29, 0.717) is 0 Å². The van der Waals surface area contributed by atoms with Gasteiger partial charge in [0.2, 0.25) is 5.91 Å². The molecule has 0 aromatic heterocycles. The summed E-state index contributed by atoms with van der Waals surface area (Å²) in [7, 11) is 0. The molecule has 29 heavy (non-hydrogen) atoms. The maximum absolute atomic E-state index is 13.1. The van der Waals surface area contributed by atoms with E-state index >= 15 is 0 Å². The van der Waals surface area contributed by atoms with Crippen LogP contribution in [-0.4, -0.2) is 30.9 Å². The van der Waals surface area contributed by atoms with E-state index in [1.807, 2.05) is 32.0 Å². The average Bonchev–Trinajstić information content (AvgIpc) is 3.07. The van der Waals surface area contributed by atoms with Crippen molar-refractivity contribution in [3.63, 3.8) is 0 Å². The van der Waals surface area contributed by atoms with E-state index in [1.54, 1.807) is 4.90 Å². The van der Waals surface area contributed by atoms with Crippen molar-refractivity contribution in [2.45, 2.75) is 20.3 Å². The average molecular weight is 419 g/mol. The predicted molar refractivity (Wildman–Crippen MR) is 107 cm³/mol. The third-order valence-electron chi connectivity index (χ3n) is 4.81. The molecule has 0 bridgehead atoms. The zero-order valence-corrected chi connectivity index (χ0v) is 16.8. The molecule has 3 rings (SSSR count). The van der Waals surface area contributed by atoms with Gasteiger partial charge < -0.3 is 15.0 Å². The van der Waals surface area contributed by atoms with Crippen LogP contribution >= 0.6 is 11.6 Å². The normalized spacial score (nSPS) is 16.1. The highest BCUT2D eigenvalue weighted by atomic mass is 35.5. The van der Waals surface area contributed by atoms with Crippen LogP contribution in [-0.2, 0) is 19.1 Å². The number of hydrogen-bond acceptors (Lipinski definition) is 4. The van der Waals surface area contributed by atoms with Crippen LogP contribution in [0.25, 0.3) is 0 Å². The molecule has 6 nitrogen and oxygen atoms in total. The van der Waals surface area contributed by atoms with E-state index in [1.165, 1.54) is 12.1 Å². The predicted octanol–water partition coefficient (Wildman–Crippen LogP) is 3.63. The van der Waals surface area contributed by atoms with Crippen molar-refractivity contribution >= 4 is 40.8 Å². The molecule has 0 unspecified atom stereocenters. The molecule has 0 saturated carbocycles. The molecule has 1 N–H and O–H groups in total. The topological polar surface area (TPSA) is 75.7 Å². The van der Waals surface area contributed by atoms with E-state index in [2.05, 4.69) is 5.32 Å². The number of amides is 2. The SMILES string of the molecule is Cc1ccc(N2C[C@@H](C(=O)OCC(=O)Nc3ccc(F)c(Cl)c3)CC2=O)cc1C. The first-order chi connectivity index (χ1) is 13.7. The Kier molecular flexibility index (Phi) is 6.17. The number of anilines is 2. The van der Waals surface area contributed by atoms with Crippen molar-refractivity contribution < 1.29 is 23.5 Å². The fourth-order valence-corrected chi connectivity index (χ4v) is 3.21. The van der Waals surface area contributed by atoms with Gasteiger partial charge in [-0.15, -0.1) is 0 Å². The fourth-order valence-electron chi connectivity index (χ4n) is 3.03. The highest BCUT2D eigenvalue weighted by Crippen LogP contribution is 2.27. The van der Waals surface area contributed by atoms with E-state index in [-0.39, 0.29) is 29.6 Å². The zero-order chi connectivity index (χ0) is 21.1. The second kappa shape index (κ2) is 8.61. The Hall–Kier alpha value is -2.93. The number of ether oxygens (including phenoxy) is 1. The van der Waals surface area contributed by atoms with Crippen LogP contribution in [0.1, 0.15) is 17.5 Å². The second-order valence-electron chi connectivity index (χ2n) is 6.96. The van der Waals surface area contributed by atoms with Gasteiger partial charge in [0.25, 0.3) is 5.91 Å². The molecule has 1 aliphatic heterocycles. The summed E-state index contributed by atoms with van der Waals surface area (Å²) in [6.07, 6.45) is 0.0287. The first-order valence-corrected chi connectivity index (χ1v) is 9.41. The summed E-state index contributed by atoms with van der Waals surface area (Å²) in [5.41, 5.74) is 3.19. The van der Waals surface area contributed by atoms with E-state index in [4.69, 9.17) is 16.3 Å². The molecule has 0 aliphatic carbocycles. The van der Waals surface area contributed by atoms with Gasteiger partial charge in [0, 0.05) is 24.3 Å². The van der Waals surface area contributed by atoms with Crippen molar-refractivity contribution in [3.8, 4) is 0 Å². The molecule has 8 heteroatoms. The van der Waals surface area contributed by atoms with Crippen LogP contribution in [0.15, 0.2) is 36.4 Å². The number of carbonyl (C=O) groups is 3. The van der Waals surface area contributed by atoms with Gasteiger partial charge in [0.15, 0.2) is 6.61 Å². The Morgan fingerprint density at radius 1 is 1.21 bits per heavy atom. The minimum Gasteiger partial charge on any atom is -0.455 e. The van der Waals surface area contributed by atoms with E-state index in [0.717, 1.165) is 22.9 Å². The number of rotatable bonds is 5. The van der Waals surface area contributed by atoms with Gasteiger partial charge in [-0.2, -0.15) is 0 Å². The first kappa shape index (κ1) is 20.8. The van der Waals surface area contributed by atoms with Gasteiger partial charge in [-0.1, -0.05) is 17.7 Å². The highest BCUT2D eigenvalue weighted by Gasteiger charge is 2.36. The molecular formula is C21H20ClFN2O4. The van der Waals surface area contributed by atoms with Crippen LogP contribution in [0, 0.1) is 25.6 Å². The third kappa shape index (κ3) is 4.92. The summed E-state index contributed by atoms with van der Waals surface area (Å²) in [4.78, 5) is 38.1. The summed E-state index contributed by atoms with van der Waals surface area (Å²) in [6.45, 7) is 3.63. The quantitative estimate of drug-likeness (QED) is 0.752. The first-order valence-electron chi connectivity index (χ1n) is 9.03. The molecule has 1 atom stereocenters. The van der Waals surface area contributed by atoms with Gasteiger partial charge >= 0.3 is 5.97 Å². The zero-order valence-electron chi connectivity index (χ0n) is 16.0. The molecular weight excluding hydrogens is 399 g/mol. The standard InChI is InChI=1S/C21H20ClFN2O4/c1-12-3-5-16(7-13(12)2)25-10-14(8-20(25)27)21(28)29-11-19(26)24-15-4-6-18(23)17(22)9-15/h3-7,9,14H,8,10-11H2,1-2H3,(H,24,26)/t14-/m0/s1. The number of hydrogen-bond donors (Lipinski definition) is 1. The third-order valence-corrected chi connectivity index (χ3v) is 5.10. The molecule has 2 amide bonds. The summed E-state index contributed by atoms with van der Waals surface area (Å²) in [5.74, 6) is -2.61. The number of nitrogens with one attached hydrogen (secondary N) is 1. The number of aryl methyl sites for hydroxylation is 2. The smallest absolute Gasteiger partial charge is 0.311 e. The lowest BCUT2D eigenvalue weighted by Crippen LogP contribution is -2.28. The lowest BCUT2D eigenvalue weighted by molar-refractivity contribution is -0.151. The number of carbonyl (C=O) groups excluding carboxylic acids is 3. The number of benzene rings is 2. The Balaban J connectivity index is 1.54. The van der Waals surface area contributed by atoms with Crippen molar-refractivity contribution in [2.75, 3.05) is 23.4 Å². The number of halogens is 2. The number of esters is 1. The largest absolute Gasteiger partial charge is 0.455 e. The van der Waals surface area contributed by atoms with Crippen LogP contribution in [0.4, 0.5) is 15.8 Å². The van der Waals surface area contributed by atoms with Crippen LogP contribution in [0.5, 0.6) is 0 Å². The minimum absolute atomic E-state index is 0.0287. The fraction of sp³-hybridized carbons (Fsp3) is 0.286.